The van der Waals surface area contributed by atoms with E-state index in [4.69, 9.17) is 4.74 Å². The number of benzene rings is 1. The molecule has 1 aliphatic carbocycles. The minimum atomic E-state index is -0.578. The van der Waals surface area contributed by atoms with Crippen LogP contribution in [0, 0.1) is 11.7 Å². The van der Waals surface area contributed by atoms with E-state index in [-0.39, 0.29) is 11.7 Å². The first-order valence-electron chi connectivity index (χ1n) is 16.4. The number of ether oxygens (including phenoxy) is 1. The monoisotopic (exact) mass is 552 g/mol. The molecule has 0 unspecified atom stereocenters. The van der Waals surface area contributed by atoms with Crippen LogP contribution >= 0.6 is 0 Å². The van der Waals surface area contributed by atoms with Crippen LogP contribution in [0.4, 0.5) is 4.39 Å². The Labute approximate surface area is 242 Å². The molecule has 0 atom stereocenters. The van der Waals surface area contributed by atoms with Crippen molar-refractivity contribution in [1.82, 2.24) is 9.97 Å². The van der Waals surface area contributed by atoms with Gasteiger partial charge in [0.25, 0.3) is 0 Å². The predicted molar refractivity (Wildman–Crippen MR) is 163 cm³/mol. The standard InChI is InChI=1S/C35H53FN2O2/c1-3-5-7-9-11-12-14-16-18-29-26-37-34(38-27-29)30-21-24-32(33(36)25-30)35(39)40-31-22-19-28(20-23-31)17-15-13-10-8-6-4-2/h21,24-28,31H,3-20,22-23H2,1-2H3/t28-,31-. The van der Waals surface area contributed by atoms with Crippen LogP contribution < -0.4 is 0 Å². The lowest BCUT2D eigenvalue weighted by Crippen LogP contribution is -2.25. The highest BCUT2D eigenvalue weighted by molar-refractivity contribution is 5.90. The van der Waals surface area contributed by atoms with Crippen molar-refractivity contribution in [2.75, 3.05) is 0 Å². The van der Waals surface area contributed by atoms with E-state index in [0.717, 1.165) is 50.0 Å². The van der Waals surface area contributed by atoms with Gasteiger partial charge in [-0.15, -0.1) is 0 Å². The maximum atomic E-state index is 14.9. The third-order valence-corrected chi connectivity index (χ3v) is 8.50. The van der Waals surface area contributed by atoms with E-state index in [9.17, 15) is 9.18 Å². The van der Waals surface area contributed by atoms with Crippen LogP contribution in [0.2, 0.25) is 0 Å². The first-order chi connectivity index (χ1) is 19.6. The van der Waals surface area contributed by atoms with Crippen molar-refractivity contribution < 1.29 is 13.9 Å². The zero-order chi connectivity index (χ0) is 28.4. The van der Waals surface area contributed by atoms with Gasteiger partial charge in [0.15, 0.2) is 5.82 Å². The number of aryl methyl sites for hydroxylation is 1. The minimum absolute atomic E-state index is 0.00994. The summed E-state index contributed by atoms with van der Waals surface area (Å²) in [4.78, 5) is 21.6. The zero-order valence-electron chi connectivity index (χ0n) is 25.3. The van der Waals surface area contributed by atoms with E-state index in [2.05, 4.69) is 23.8 Å². The molecule has 0 saturated heterocycles. The fraction of sp³-hybridized carbons (Fsp3) is 0.686. The largest absolute Gasteiger partial charge is 0.459 e. The molecule has 1 aromatic carbocycles. The molecule has 1 aromatic heterocycles. The van der Waals surface area contributed by atoms with Crippen LogP contribution in [0.15, 0.2) is 30.6 Å². The Kier molecular flexibility index (Phi) is 15.3. The molecule has 5 heteroatoms. The number of hydrogen-bond donors (Lipinski definition) is 0. The van der Waals surface area contributed by atoms with Gasteiger partial charge < -0.3 is 4.74 Å². The molecule has 1 aliphatic rings. The summed E-state index contributed by atoms with van der Waals surface area (Å²) in [6.07, 6.45) is 28.1. The molecule has 0 spiro atoms. The number of aromatic nitrogens is 2. The van der Waals surface area contributed by atoms with Gasteiger partial charge in [-0.2, -0.15) is 0 Å². The number of hydrogen-bond acceptors (Lipinski definition) is 4. The summed E-state index contributed by atoms with van der Waals surface area (Å²) in [6.45, 7) is 4.50. The molecular weight excluding hydrogens is 499 g/mol. The van der Waals surface area contributed by atoms with Crippen molar-refractivity contribution >= 4 is 5.97 Å². The van der Waals surface area contributed by atoms with Gasteiger partial charge in [-0.1, -0.05) is 110 Å². The lowest BCUT2D eigenvalue weighted by Gasteiger charge is -2.28. The summed E-state index contributed by atoms with van der Waals surface area (Å²) in [5.41, 5.74) is 1.67. The number of esters is 1. The van der Waals surface area contributed by atoms with Gasteiger partial charge in [-0.05, 0) is 62.1 Å². The molecule has 0 aliphatic heterocycles. The zero-order valence-corrected chi connectivity index (χ0v) is 25.3. The van der Waals surface area contributed by atoms with Crippen LogP contribution in [0.3, 0.4) is 0 Å². The normalized spacial score (nSPS) is 17.2. The molecule has 1 fully saturated rings. The second-order valence-corrected chi connectivity index (χ2v) is 11.9. The topological polar surface area (TPSA) is 52.1 Å². The van der Waals surface area contributed by atoms with Gasteiger partial charge in [-0.3, -0.25) is 0 Å². The van der Waals surface area contributed by atoms with Crippen molar-refractivity contribution in [2.24, 2.45) is 5.92 Å². The molecule has 3 rings (SSSR count). The average Bonchev–Trinajstić information content (AvgIpc) is 2.97. The highest BCUT2D eigenvalue weighted by atomic mass is 19.1. The van der Waals surface area contributed by atoms with Gasteiger partial charge in [0, 0.05) is 18.0 Å². The summed E-state index contributed by atoms with van der Waals surface area (Å²) in [6, 6.07) is 4.57. The number of unbranched alkanes of at least 4 members (excludes halogenated alkanes) is 12. The molecular formula is C35H53FN2O2. The quantitative estimate of drug-likeness (QED) is 0.128. The molecule has 0 N–H and O–H groups in total. The molecule has 2 aromatic rings. The van der Waals surface area contributed by atoms with E-state index in [1.54, 1.807) is 6.07 Å². The predicted octanol–water partition coefficient (Wildman–Crippen LogP) is 10.4. The second kappa shape index (κ2) is 18.9. The number of rotatable bonds is 19. The van der Waals surface area contributed by atoms with Crippen molar-refractivity contribution in [1.29, 1.82) is 0 Å². The van der Waals surface area contributed by atoms with E-state index in [1.807, 2.05) is 12.4 Å². The smallest absolute Gasteiger partial charge is 0.341 e. The minimum Gasteiger partial charge on any atom is -0.459 e. The molecule has 0 amide bonds. The first-order valence-corrected chi connectivity index (χ1v) is 16.4. The summed E-state index contributed by atoms with van der Waals surface area (Å²) in [5, 5.41) is 0. The van der Waals surface area contributed by atoms with Gasteiger partial charge in [0.2, 0.25) is 0 Å². The van der Waals surface area contributed by atoms with Crippen LogP contribution in [-0.4, -0.2) is 22.0 Å². The Morgan fingerprint density at radius 3 is 1.98 bits per heavy atom. The van der Waals surface area contributed by atoms with Gasteiger partial charge in [-0.25, -0.2) is 19.2 Å². The fourth-order valence-corrected chi connectivity index (χ4v) is 5.88. The molecule has 222 valence electrons. The Morgan fingerprint density at radius 1 is 0.800 bits per heavy atom. The first kappa shape index (κ1) is 32.2. The lowest BCUT2D eigenvalue weighted by molar-refractivity contribution is 0.0156. The van der Waals surface area contributed by atoms with E-state index < -0.39 is 11.8 Å². The van der Waals surface area contributed by atoms with E-state index in [1.165, 1.54) is 102 Å². The Morgan fingerprint density at radius 2 is 1.38 bits per heavy atom. The second-order valence-electron chi connectivity index (χ2n) is 11.9. The number of halogens is 1. The van der Waals surface area contributed by atoms with Gasteiger partial charge in [0.05, 0.1) is 5.56 Å². The van der Waals surface area contributed by atoms with E-state index in [0.29, 0.717) is 11.4 Å². The third kappa shape index (κ3) is 11.7. The summed E-state index contributed by atoms with van der Waals surface area (Å²) >= 11 is 0. The highest BCUT2D eigenvalue weighted by Gasteiger charge is 2.25. The Balaban J connectivity index is 1.37. The highest BCUT2D eigenvalue weighted by Crippen LogP contribution is 2.31. The SMILES string of the molecule is CCCCCCCCCCc1cnc(-c2ccc(C(=O)O[C@H]3CC[C@H](CCCCCCCC)CC3)c(F)c2)nc1. The summed E-state index contributed by atoms with van der Waals surface area (Å²) in [5.74, 6) is 0.0713. The molecule has 0 radical (unpaired) electrons. The number of carbonyl (C=O) groups is 1. The fourth-order valence-electron chi connectivity index (χ4n) is 5.88. The number of nitrogens with zero attached hydrogens (tertiary/aromatic N) is 2. The summed E-state index contributed by atoms with van der Waals surface area (Å²) < 4.78 is 20.6. The van der Waals surface area contributed by atoms with Crippen LogP contribution in [0.1, 0.15) is 152 Å². The van der Waals surface area contributed by atoms with Crippen LogP contribution in [-0.2, 0) is 11.2 Å². The number of carbonyl (C=O) groups excluding carboxylic acids is 1. The van der Waals surface area contributed by atoms with E-state index >= 15 is 0 Å². The van der Waals surface area contributed by atoms with Crippen molar-refractivity contribution in [3.8, 4) is 11.4 Å². The molecule has 40 heavy (non-hydrogen) atoms. The lowest BCUT2D eigenvalue weighted by atomic mass is 9.84. The van der Waals surface area contributed by atoms with Gasteiger partial charge >= 0.3 is 5.97 Å². The van der Waals surface area contributed by atoms with Crippen molar-refractivity contribution in [3.63, 3.8) is 0 Å². The molecule has 1 saturated carbocycles. The third-order valence-electron chi connectivity index (χ3n) is 8.50. The Hall–Kier alpha value is -2.30. The average molecular weight is 553 g/mol. The molecule has 0 bridgehead atoms. The van der Waals surface area contributed by atoms with Crippen LogP contribution in [0.5, 0.6) is 0 Å². The maximum absolute atomic E-state index is 14.9. The van der Waals surface area contributed by atoms with Crippen LogP contribution in [0.25, 0.3) is 11.4 Å². The molecule has 1 heterocycles. The molecule has 4 nitrogen and oxygen atoms in total. The van der Waals surface area contributed by atoms with Crippen molar-refractivity contribution in [2.45, 2.75) is 148 Å². The van der Waals surface area contributed by atoms with Gasteiger partial charge in [0.1, 0.15) is 11.9 Å². The maximum Gasteiger partial charge on any atom is 0.341 e. The van der Waals surface area contributed by atoms with Crippen molar-refractivity contribution in [3.05, 3.63) is 47.5 Å². The summed E-state index contributed by atoms with van der Waals surface area (Å²) in [7, 11) is 0. The Bertz CT molecular complexity index is 970.